The summed E-state index contributed by atoms with van der Waals surface area (Å²) in [5, 5.41) is 0. The second-order valence-corrected chi connectivity index (χ2v) is 4.34. The number of carbonyl (C=O) groups excluding carboxylic acids is 3. The molecule has 0 N–H and O–H groups in total. The van der Waals surface area contributed by atoms with Gasteiger partial charge in [0.05, 0.1) is 13.7 Å². The lowest BCUT2D eigenvalue weighted by atomic mass is 10.2. The van der Waals surface area contributed by atoms with Gasteiger partial charge in [-0.1, -0.05) is 0 Å². The highest BCUT2D eigenvalue weighted by Crippen LogP contribution is 2.10. The molecule has 0 aromatic rings. The summed E-state index contributed by atoms with van der Waals surface area (Å²) in [7, 11) is 1.15. The molecular weight excluding hydrogens is 242 g/mol. The van der Waals surface area contributed by atoms with Gasteiger partial charge in [0.2, 0.25) is 0 Å². The number of carbonyl (C=O) groups is 3. The van der Waals surface area contributed by atoms with Crippen molar-refractivity contribution in [1.29, 1.82) is 0 Å². The Morgan fingerprint density at radius 1 is 1.11 bits per heavy atom. The summed E-state index contributed by atoms with van der Waals surface area (Å²) in [6.07, 6.45) is -1.90. The van der Waals surface area contributed by atoms with Crippen molar-refractivity contribution >= 4 is 18.2 Å². The molecule has 0 aliphatic carbocycles. The molecule has 0 bridgehead atoms. The lowest BCUT2D eigenvalue weighted by Gasteiger charge is -2.24. The van der Waals surface area contributed by atoms with Gasteiger partial charge in [0.1, 0.15) is 12.1 Å². The first-order valence-corrected chi connectivity index (χ1v) is 5.45. The van der Waals surface area contributed by atoms with Crippen molar-refractivity contribution in [1.82, 2.24) is 4.90 Å². The molecule has 0 spiro atoms. The number of nitrogens with zero attached hydrogens (tertiary/aromatic N) is 1. The number of hydrogen-bond donors (Lipinski definition) is 0. The lowest BCUT2D eigenvalue weighted by Crippen LogP contribution is -2.44. The fourth-order valence-electron chi connectivity index (χ4n) is 0.916. The van der Waals surface area contributed by atoms with Gasteiger partial charge in [-0.3, -0.25) is 4.79 Å². The first kappa shape index (κ1) is 16.2. The van der Waals surface area contributed by atoms with Crippen molar-refractivity contribution in [2.75, 3.05) is 20.3 Å². The number of methoxy groups -OCH3 is 1. The van der Waals surface area contributed by atoms with E-state index < -0.39 is 30.3 Å². The summed E-state index contributed by atoms with van der Waals surface area (Å²) in [6, 6.07) is 0. The average Bonchev–Trinajstić information content (AvgIpc) is 2.23. The van der Waals surface area contributed by atoms with Crippen LogP contribution in [0.1, 0.15) is 27.7 Å². The van der Waals surface area contributed by atoms with Crippen LogP contribution in [0, 0.1) is 0 Å². The van der Waals surface area contributed by atoms with Gasteiger partial charge in [-0.2, -0.15) is 0 Å². The number of amides is 2. The molecule has 7 nitrogen and oxygen atoms in total. The van der Waals surface area contributed by atoms with Crippen molar-refractivity contribution in [2.24, 2.45) is 0 Å². The van der Waals surface area contributed by atoms with Crippen molar-refractivity contribution in [3.63, 3.8) is 0 Å². The summed E-state index contributed by atoms with van der Waals surface area (Å²) in [6.45, 7) is 6.05. The molecule has 7 heteroatoms. The van der Waals surface area contributed by atoms with E-state index in [9.17, 15) is 14.4 Å². The van der Waals surface area contributed by atoms with Gasteiger partial charge in [-0.15, -0.1) is 0 Å². The van der Waals surface area contributed by atoms with Crippen LogP contribution in [-0.4, -0.2) is 48.9 Å². The predicted molar refractivity (Wildman–Crippen MR) is 62.0 cm³/mol. The first-order valence-electron chi connectivity index (χ1n) is 5.45. The Hall–Kier alpha value is -1.79. The molecule has 0 fully saturated rings. The van der Waals surface area contributed by atoms with Gasteiger partial charge in [-0.05, 0) is 27.7 Å². The standard InChI is InChI=1S/C11H19NO6/c1-6-17-9(14)12(7-8(13)16-5)10(15)18-11(2,3)4/h6-7H2,1-5H3. The summed E-state index contributed by atoms with van der Waals surface area (Å²) in [4.78, 5) is 34.9. The minimum Gasteiger partial charge on any atom is -0.468 e. The highest BCUT2D eigenvalue weighted by Gasteiger charge is 2.30. The van der Waals surface area contributed by atoms with Crippen LogP contribution in [0.4, 0.5) is 9.59 Å². The van der Waals surface area contributed by atoms with Gasteiger partial charge < -0.3 is 14.2 Å². The van der Waals surface area contributed by atoms with E-state index in [1.165, 1.54) is 0 Å². The van der Waals surface area contributed by atoms with Crippen molar-refractivity contribution in [2.45, 2.75) is 33.3 Å². The van der Waals surface area contributed by atoms with E-state index in [2.05, 4.69) is 9.47 Å². The molecular formula is C11H19NO6. The third kappa shape index (κ3) is 6.07. The topological polar surface area (TPSA) is 82.1 Å². The molecule has 0 radical (unpaired) electrons. The van der Waals surface area contributed by atoms with Crippen LogP contribution in [-0.2, 0) is 19.0 Å². The number of ether oxygens (including phenoxy) is 3. The molecule has 2 amide bonds. The van der Waals surface area contributed by atoms with Gasteiger partial charge in [0.15, 0.2) is 0 Å². The fraction of sp³-hybridized carbons (Fsp3) is 0.727. The van der Waals surface area contributed by atoms with Crippen molar-refractivity contribution < 1.29 is 28.6 Å². The molecule has 0 atom stereocenters. The van der Waals surface area contributed by atoms with Crippen LogP contribution in [0.5, 0.6) is 0 Å². The second-order valence-electron chi connectivity index (χ2n) is 4.34. The Kier molecular flexibility index (Phi) is 6.15. The largest absolute Gasteiger partial charge is 0.468 e. The van der Waals surface area contributed by atoms with Gasteiger partial charge in [-0.25, -0.2) is 14.5 Å². The Balaban J connectivity index is 4.80. The zero-order valence-electron chi connectivity index (χ0n) is 11.3. The monoisotopic (exact) mass is 261 g/mol. The first-order chi connectivity index (χ1) is 8.21. The minimum atomic E-state index is -0.952. The lowest BCUT2D eigenvalue weighted by molar-refractivity contribution is -0.141. The van der Waals surface area contributed by atoms with Crippen LogP contribution in [0.25, 0.3) is 0 Å². The molecule has 0 saturated heterocycles. The Morgan fingerprint density at radius 2 is 1.67 bits per heavy atom. The normalized spacial score (nSPS) is 10.5. The fourth-order valence-corrected chi connectivity index (χ4v) is 0.916. The van der Waals surface area contributed by atoms with E-state index in [1.807, 2.05) is 0 Å². The van der Waals surface area contributed by atoms with E-state index in [0.717, 1.165) is 7.11 Å². The minimum absolute atomic E-state index is 0.0826. The highest BCUT2D eigenvalue weighted by atomic mass is 16.6. The molecule has 0 aromatic carbocycles. The van der Waals surface area contributed by atoms with Gasteiger partial charge >= 0.3 is 18.2 Å². The quantitative estimate of drug-likeness (QED) is 0.566. The highest BCUT2D eigenvalue weighted by molar-refractivity contribution is 5.92. The molecule has 104 valence electrons. The SMILES string of the molecule is CCOC(=O)N(CC(=O)OC)C(=O)OC(C)(C)C. The number of hydrogen-bond acceptors (Lipinski definition) is 6. The third-order valence-electron chi connectivity index (χ3n) is 1.62. The summed E-state index contributed by atoms with van der Waals surface area (Å²) in [5.74, 6) is -0.742. The molecule has 0 aliphatic heterocycles. The molecule has 0 saturated carbocycles. The molecule has 18 heavy (non-hydrogen) atoms. The van der Waals surface area contributed by atoms with Crippen LogP contribution in [0.2, 0.25) is 0 Å². The summed E-state index contributed by atoms with van der Waals surface area (Å²) in [5.41, 5.74) is -0.780. The van der Waals surface area contributed by atoms with E-state index in [-0.39, 0.29) is 6.61 Å². The summed E-state index contributed by atoms with van der Waals surface area (Å²) < 4.78 is 14.0. The maximum absolute atomic E-state index is 11.7. The van der Waals surface area contributed by atoms with Crippen molar-refractivity contribution in [3.8, 4) is 0 Å². The molecule has 0 aromatic heterocycles. The maximum atomic E-state index is 11.7. The smallest absolute Gasteiger partial charge is 0.420 e. The molecule has 0 heterocycles. The maximum Gasteiger partial charge on any atom is 0.420 e. The van der Waals surface area contributed by atoms with Crippen LogP contribution < -0.4 is 0 Å². The Labute approximate surface area is 106 Å². The number of imide groups is 1. The zero-order valence-corrected chi connectivity index (χ0v) is 11.3. The van der Waals surface area contributed by atoms with Gasteiger partial charge in [0, 0.05) is 0 Å². The van der Waals surface area contributed by atoms with Gasteiger partial charge in [0.25, 0.3) is 0 Å². The third-order valence-corrected chi connectivity index (χ3v) is 1.62. The Bertz CT molecular complexity index is 320. The van der Waals surface area contributed by atoms with E-state index in [0.29, 0.717) is 4.90 Å². The van der Waals surface area contributed by atoms with E-state index in [1.54, 1.807) is 27.7 Å². The molecule has 0 unspecified atom stereocenters. The van der Waals surface area contributed by atoms with Crippen LogP contribution >= 0.6 is 0 Å². The van der Waals surface area contributed by atoms with Crippen LogP contribution in [0.3, 0.4) is 0 Å². The molecule has 0 aliphatic rings. The Morgan fingerprint density at radius 3 is 2.06 bits per heavy atom. The second kappa shape index (κ2) is 6.83. The average molecular weight is 261 g/mol. The van der Waals surface area contributed by atoms with Crippen molar-refractivity contribution in [3.05, 3.63) is 0 Å². The van der Waals surface area contributed by atoms with Crippen LogP contribution in [0.15, 0.2) is 0 Å². The number of esters is 1. The van der Waals surface area contributed by atoms with E-state index in [4.69, 9.17) is 4.74 Å². The molecule has 0 rings (SSSR count). The number of rotatable bonds is 3. The summed E-state index contributed by atoms with van der Waals surface area (Å²) >= 11 is 0. The zero-order chi connectivity index (χ0) is 14.3. The predicted octanol–water partition coefficient (Wildman–Crippen LogP) is 1.55. The van der Waals surface area contributed by atoms with E-state index >= 15 is 0 Å².